The van der Waals surface area contributed by atoms with Crippen molar-refractivity contribution >= 4 is 0 Å². The molecule has 0 radical (unpaired) electrons. The van der Waals surface area contributed by atoms with Crippen LogP contribution in [0.4, 0.5) is 0 Å². The summed E-state index contributed by atoms with van der Waals surface area (Å²) < 4.78 is 13.2. The molecule has 0 saturated heterocycles. The monoisotopic (exact) mass is 428 g/mol. The van der Waals surface area contributed by atoms with Crippen LogP contribution in [-0.4, -0.2) is 43.4 Å². The summed E-state index contributed by atoms with van der Waals surface area (Å²) in [6, 6.07) is 7.93. The van der Waals surface area contributed by atoms with E-state index in [2.05, 4.69) is 25.0 Å². The minimum atomic E-state index is 0.412. The van der Waals surface area contributed by atoms with E-state index >= 15 is 0 Å². The first-order chi connectivity index (χ1) is 15.7. The Balaban J connectivity index is 1.27. The Kier molecular flexibility index (Phi) is 5.49. The van der Waals surface area contributed by atoms with Crippen molar-refractivity contribution in [3.63, 3.8) is 0 Å². The third-order valence-corrected chi connectivity index (χ3v) is 5.62. The fraction of sp³-hybridized carbons (Fsp3) is 0.292. The van der Waals surface area contributed by atoms with Crippen LogP contribution in [0.15, 0.2) is 61.4 Å². The molecule has 1 aliphatic rings. The first-order valence-electron chi connectivity index (χ1n) is 10.6. The smallest absolute Gasteiger partial charge is 0.224 e. The van der Waals surface area contributed by atoms with Crippen molar-refractivity contribution in [3.05, 3.63) is 78.5 Å². The Bertz CT molecular complexity index is 1190. The van der Waals surface area contributed by atoms with E-state index in [1.165, 1.54) is 0 Å². The summed E-state index contributed by atoms with van der Waals surface area (Å²) >= 11 is 0. The lowest BCUT2D eigenvalue weighted by molar-refractivity contribution is 0.285. The van der Waals surface area contributed by atoms with Gasteiger partial charge in [-0.25, -0.2) is 4.98 Å². The van der Waals surface area contributed by atoms with Crippen LogP contribution in [0.2, 0.25) is 0 Å². The van der Waals surface area contributed by atoms with E-state index in [1.807, 2.05) is 54.5 Å². The van der Waals surface area contributed by atoms with E-state index in [-0.39, 0.29) is 0 Å². The predicted molar refractivity (Wildman–Crippen MR) is 118 cm³/mol. The zero-order valence-corrected chi connectivity index (χ0v) is 18.0. The lowest BCUT2D eigenvalue weighted by Gasteiger charge is -2.10. The van der Waals surface area contributed by atoms with Gasteiger partial charge < -0.3 is 9.47 Å². The molecule has 1 aliphatic carbocycles. The summed E-state index contributed by atoms with van der Waals surface area (Å²) in [4.78, 5) is 17.6. The molecule has 2 atom stereocenters. The Morgan fingerprint density at radius 3 is 2.81 bits per heavy atom. The second kappa shape index (κ2) is 8.74. The zero-order chi connectivity index (χ0) is 21.9. The van der Waals surface area contributed by atoms with Crippen LogP contribution < -0.4 is 9.47 Å². The van der Waals surface area contributed by atoms with E-state index < -0.39 is 0 Å². The molecular weight excluding hydrogens is 404 g/mol. The van der Waals surface area contributed by atoms with Crippen LogP contribution >= 0.6 is 0 Å². The highest BCUT2D eigenvalue weighted by atomic mass is 16.5. The van der Waals surface area contributed by atoms with Gasteiger partial charge in [0.1, 0.15) is 11.6 Å². The maximum atomic E-state index is 6.17. The van der Waals surface area contributed by atoms with E-state index in [0.717, 1.165) is 34.6 Å². The summed E-state index contributed by atoms with van der Waals surface area (Å²) in [6.45, 7) is 3.10. The summed E-state index contributed by atoms with van der Waals surface area (Å²) in [5.74, 6) is 2.87. The minimum Gasteiger partial charge on any atom is -0.495 e. The maximum Gasteiger partial charge on any atom is 0.224 e. The number of rotatable bonds is 8. The largest absolute Gasteiger partial charge is 0.495 e. The lowest BCUT2D eigenvalue weighted by Crippen LogP contribution is -2.05. The molecule has 0 aromatic carbocycles. The van der Waals surface area contributed by atoms with E-state index in [4.69, 9.17) is 9.47 Å². The summed E-state index contributed by atoms with van der Waals surface area (Å²) in [7, 11) is 1.65. The van der Waals surface area contributed by atoms with Gasteiger partial charge in [0.05, 0.1) is 38.2 Å². The van der Waals surface area contributed by atoms with Crippen molar-refractivity contribution in [2.24, 2.45) is 5.92 Å². The number of methoxy groups -OCH3 is 1. The molecule has 8 nitrogen and oxygen atoms in total. The third-order valence-electron chi connectivity index (χ3n) is 5.62. The molecule has 32 heavy (non-hydrogen) atoms. The number of ether oxygens (including phenoxy) is 2. The van der Waals surface area contributed by atoms with Gasteiger partial charge >= 0.3 is 0 Å². The van der Waals surface area contributed by atoms with Crippen molar-refractivity contribution in [2.45, 2.75) is 25.8 Å². The first-order valence-corrected chi connectivity index (χ1v) is 10.6. The molecule has 5 rings (SSSR count). The second-order valence-electron chi connectivity index (χ2n) is 7.96. The highest BCUT2D eigenvalue weighted by Crippen LogP contribution is 2.47. The number of nitrogens with zero attached hydrogens (tertiary/aromatic N) is 6. The lowest BCUT2D eigenvalue weighted by atomic mass is 10.2. The molecule has 1 fully saturated rings. The molecule has 0 aliphatic heterocycles. The van der Waals surface area contributed by atoms with Crippen molar-refractivity contribution in [1.29, 1.82) is 0 Å². The van der Waals surface area contributed by atoms with Gasteiger partial charge in [-0.15, -0.1) is 0 Å². The number of pyridine rings is 2. The number of aromatic nitrogens is 6. The molecule has 1 saturated carbocycles. The van der Waals surface area contributed by atoms with Crippen molar-refractivity contribution in [3.8, 4) is 22.8 Å². The molecule has 0 unspecified atom stereocenters. The molecule has 0 N–H and O–H groups in total. The Morgan fingerprint density at radius 1 is 1.09 bits per heavy atom. The summed E-state index contributed by atoms with van der Waals surface area (Å²) in [5.41, 5.74) is 3.93. The van der Waals surface area contributed by atoms with Gasteiger partial charge in [-0.2, -0.15) is 10.1 Å². The summed E-state index contributed by atoms with van der Waals surface area (Å²) in [5, 5.41) is 4.48. The topological polar surface area (TPSA) is 87.8 Å². The Morgan fingerprint density at radius 2 is 2.03 bits per heavy atom. The third kappa shape index (κ3) is 4.44. The first kappa shape index (κ1) is 20.1. The Labute approximate surface area is 186 Å². The number of hydrogen-bond donors (Lipinski definition) is 0. The van der Waals surface area contributed by atoms with Crippen LogP contribution in [0.1, 0.15) is 29.4 Å². The van der Waals surface area contributed by atoms with Gasteiger partial charge in [0, 0.05) is 47.9 Å². The average molecular weight is 428 g/mol. The molecule has 0 amide bonds. The van der Waals surface area contributed by atoms with Gasteiger partial charge in [-0.05, 0) is 37.1 Å². The number of hydrogen-bond acceptors (Lipinski definition) is 7. The van der Waals surface area contributed by atoms with Gasteiger partial charge in [-0.3, -0.25) is 14.6 Å². The molecular formula is C24H24N6O2. The van der Waals surface area contributed by atoms with Gasteiger partial charge in [0.2, 0.25) is 5.88 Å². The quantitative estimate of drug-likeness (QED) is 0.423. The highest BCUT2D eigenvalue weighted by Gasteiger charge is 2.40. The van der Waals surface area contributed by atoms with Crippen LogP contribution in [0.3, 0.4) is 0 Å². The second-order valence-corrected chi connectivity index (χ2v) is 7.96. The van der Waals surface area contributed by atoms with Gasteiger partial charge in [0.25, 0.3) is 0 Å². The predicted octanol–water partition coefficient (Wildman–Crippen LogP) is 3.68. The zero-order valence-electron chi connectivity index (χ0n) is 18.0. The van der Waals surface area contributed by atoms with Crippen LogP contribution in [0.5, 0.6) is 11.6 Å². The van der Waals surface area contributed by atoms with E-state index in [0.29, 0.717) is 36.7 Å². The Hall–Kier alpha value is -3.81. The molecule has 4 heterocycles. The van der Waals surface area contributed by atoms with E-state index in [9.17, 15) is 0 Å². The van der Waals surface area contributed by atoms with Crippen molar-refractivity contribution in [1.82, 2.24) is 29.7 Å². The molecule has 8 heteroatoms. The van der Waals surface area contributed by atoms with Crippen LogP contribution in [-0.2, 0) is 6.54 Å². The van der Waals surface area contributed by atoms with Crippen molar-refractivity contribution < 1.29 is 9.47 Å². The van der Waals surface area contributed by atoms with E-state index in [1.54, 1.807) is 25.7 Å². The normalized spacial score (nSPS) is 17.2. The van der Waals surface area contributed by atoms with Crippen LogP contribution in [0.25, 0.3) is 11.1 Å². The molecule has 162 valence electrons. The minimum absolute atomic E-state index is 0.412. The summed E-state index contributed by atoms with van der Waals surface area (Å²) in [6.07, 6.45) is 12.0. The fourth-order valence-corrected chi connectivity index (χ4v) is 3.74. The number of aryl methyl sites for hydroxylation is 1. The van der Waals surface area contributed by atoms with Crippen LogP contribution in [0, 0.1) is 12.8 Å². The van der Waals surface area contributed by atoms with Crippen molar-refractivity contribution in [2.75, 3.05) is 13.7 Å². The molecule has 0 bridgehead atoms. The average Bonchev–Trinajstić information content (AvgIpc) is 3.47. The van der Waals surface area contributed by atoms with Gasteiger partial charge in [0.15, 0.2) is 0 Å². The molecule has 0 spiro atoms. The van der Waals surface area contributed by atoms with Gasteiger partial charge in [-0.1, -0.05) is 6.07 Å². The standard InChI is InChI=1S/C24H24N6O2/c1-16-26-12-22(19-10-28-30(14-19)13-17-4-3-7-25-9-17)24(29-16)32-15-18-8-21(18)23-6-5-20(31-2)11-27-23/h3-7,9-12,14,18,21H,8,13,15H2,1-2H3/t18-,21+/m1/s1. The maximum absolute atomic E-state index is 6.17. The molecule has 4 aromatic heterocycles. The molecule has 4 aromatic rings. The highest BCUT2D eigenvalue weighted by molar-refractivity contribution is 5.66. The SMILES string of the molecule is COc1ccc([C@H]2C[C@@H]2COc2nc(C)ncc2-c2cnn(Cc3cccnc3)c2)nc1. The fourth-order valence-electron chi connectivity index (χ4n) is 3.74.